The number of hydrogen-bond donors (Lipinski definition) is 1. The van der Waals surface area contributed by atoms with E-state index in [-0.39, 0.29) is 12.0 Å². The van der Waals surface area contributed by atoms with Crippen molar-refractivity contribution in [3.8, 4) is 11.5 Å². The van der Waals surface area contributed by atoms with Gasteiger partial charge in [0.2, 0.25) is 5.91 Å². The molecule has 1 aromatic heterocycles. The van der Waals surface area contributed by atoms with Crippen LogP contribution in [0.5, 0.6) is 11.5 Å². The first-order chi connectivity index (χ1) is 11.7. The summed E-state index contributed by atoms with van der Waals surface area (Å²) in [6.45, 7) is 0.319. The van der Waals surface area contributed by atoms with Crippen LogP contribution in [0.3, 0.4) is 0 Å². The maximum Gasteiger partial charge on any atom is 0.244 e. The maximum absolute atomic E-state index is 11.9. The van der Waals surface area contributed by atoms with Gasteiger partial charge in [0, 0.05) is 13.2 Å². The van der Waals surface area contributed by atoms with Gasteiger partial charge in [-0.1, -0.05) is 6.07 Å². The molecular weight excluding hydrogens is 310 g/mol. The smallest absolute Gasteiger partial charge is 0.244 e. The Hall–Kier alpha value is -2.73. The second-order valence-corrected chi connectivity index (χ2v) is 4.93. The fraction of sp³-hybridized carbons (Fsp3) is 0.278. The molecule has 2 aromatic rings. The molecule has 2 rings (SSSR count). The molecule has 128 valence electrons. The predicted octanol–water partition coefficient (Wildman–Crippen LogP) is 2.81. The van der Waals surface area contributed by atoms with E-state index >= 15 is 0 Å². The van der Waals surface area contributed by atoms with Gasteiger partial charge in [0.25, 0.3) is 0 Å². The van der Waals surface area contributed by atoms with Gasteiger partial charge in [0.05, 0.1) is 27.0 Å². The van der Waals surface area contributed by atoms with Gasteiger partial charge in [0.15, 0.2) is 11.5 Å². The van der Waals surface area contributed by atoms with Gasteiger partial charge in [-0.15, -0.1) is 0 Å². The van der Waals surface area contributed by atoms with E-state index in [0.29, 0.717) is 23.8 Å². The van der Waals surface area contributed by atoms with Gasteiger partial charge in [-0.25, -0.2) is 0 Å². The van der Waals surface area contributed by atoms with Crippen LogP contribution in [0.2, 0.25) is 0 Å². The second kappa shape index (κ2) is 8.79. The molecule has 0 aliphatic carbocycles. The minimum atomic E-state index is -0.321. The van der Waals surface area contributed by atoms with Crippen molar-refractivity contribution in [3.05, 3.63) is 54.0 Å². The zero-order valence-electron chi connectivity index (χ0n) is 13.9. The lowest BCUT2D eigenvalue weighted by atomic mass is 10.2. The molecule has 0 saturated heterocycles. The van der Waals surface area contributed by atoms with Gasteiger partial charge < -0.3 is 23.9 Å². The topological polar surface area (TPSA) is 69.9 Å². The van der Waals surface area contributed by atoms with Crippen molar-refractivity contribution in [3.63, 3.8) is 0 Å². The van der Waals surface area contributed by atoms with Crippen LogP contribution in [0.25, 0.3) is 6.08 Å². The zero-order valence-corrected chi connectivity index (χ0v) is 13.9. The van der Waals surface area contributed by atoms with Crippen molar-refractivity contribution in [1.29, 1.82) is 0 Å². The van der Waals surface area contributed by atoms with Crippen LogP contribution < -0.4 is 14.8 Å². The fourth-order valence-electron chi connectivity index (χ4n) is 2.16. The highest BCUT2D eigenvalue weighted by Gasteiger charge is 2.13. The van der Waals surface area contributed by atoms with E-state index in [9.17, 15) is 4.79 Å². The van der Waals surface area contributed by atoms with Crippen LogP contribution >= 0.6 is 0 Å². The molecule has 0 aliphatic heterocycles. The number of carbonyl (C=O) groups excluding carboxylic acids is 1. The summed E-state index contributed by atoms with van der Waals surface area (Å²) in [5, 5.41) is 2.78. The van der Waals surface area contributed by atoms with Crippen LogP contribution in [-0.4, -0.2) is 33.8 Å². The largest absolute Gasteiger partial charge is 0.493 e. The highest BCUT2D eigenvalue weighted by Crippen LogP contribution is 2.27. The number of hydrogen-bond acceptors (Lipinski definition) is 5. The fourth-order valence-corrected chi connectivity index (χ4v) is 2.16. The zero-order chi connectivity index (χ0) is 17.4. The lowest BCUT2D eigenvalue weighted by molar-refractivity contribution is -0.117. The average Bonchev–Trinajstić information content (AvgIpc) is 3.14. The molecule has 0 saturated carbocycles. The molecule has 1 amide bonds. The molecule has 6 heteroatoms. The van der Waals surface area contributed by atoms with Gasteiger partial charge in [-0.2, -0.15) is 0 Å². The Morgan fingerprint density at radius 2 is 2.00 bits per heavy atom. The van der Waals surface area contributed by atoms with Crippen LogP contribution in [0, 0.1) is 0 Å². The first-order valence-corrected chi connectivity index (χ1v) is 7.42. The van der Waals surface area contributed by atoms with E-state index in [1.807, 2.05) is 6.07 Å². The molecule has 0 spiro atoms. The van der Waals surface area contributed by atoms with Crippen molar-refractivity contribution in [2.45, 2.75) is 6.10 Å². The number of methoxy groups -OCH3 is 3. The van der Waals surface area contributed by atoms with E-state index in [1.54, 1.807) is 57.9 Å². The summed E-state index contributed by atoms with van der Waals surface area (Å²) in [6.07, 6.45) is 4.40. The molecule has 0 aliphatic rings. The highest BCUT2D eigenvalue weighted by molar-refractivity contribution is 5.91. The first-order valence-electron chi connectivity index (χ1n) is 7.42. The molecular formula is C18H21NO5. The predicted molar refractivity (Wildman–Crippen MR) is 90.0 cm³/mol. The standard InChI is InChI=1S/C18H21NO5/c1-21-14-8-6-13(11-16(14)22-2)7-9-18(20)19-12-17(23-3)15-5-4-10-24-15/h4-11,17H,12H2,1-3H3,(H,19,20). The van der Waals surface area contributed by atoms with Crippen LogP contribution in [0.4, 0.5) is 0 Å². The summed E-state index contributed by atoms with van der Waals surface area (Å²) in [5.74, 6) is 1.69. The number of rotatable bonds is 8. The lowest BCUT2D eigenvalue weighted by Crippen LogP contribution is -2.27. The third-order valence-electron chi connectivity index (χ3n) is 3.44. The number of amides is 1. The Morgan fingerprint density at radius 1 is 1.21 bits per heavy atom. The Balaban J connectivity index is 1.93. The minimum Gasteiger partial charge on any atom is -0.493 e. The molecule has 0 fully saturated rings. The van der Waals surface area contributed by atoms with Crippen molar-refractivity contribution < 1.29 is 23.4 Å². The van der Waals surface area contributed by atoms with Gasteiger partial charge in [-0.05, 0) is 35.9 Å². The van der Waals surface area contributed by atoms with Crippen molar-refractivity contribution in [2.24, 2.45) is 0 Å². The molecule has 1 unspecified atom stereocenters. The molecule has 0 radical (unpaired) electrons. The summed E-state index contributed by atoms with van der Waals surface area (Å²) >= 11 is 0. The van der Waals surface area contributed by atoms with E-state index < -0.39 is 0 Å². The molecule has 0 bridgehead atoms. The third kappa shape index (κ3) is 4.63. The summed E-state index contributed by atoms with van der Waals surface area (Å²) in [7, 11) is 4.71. The Labute approximate surface area is 141 Å². The van der Waals surface area contributed by atoms with Crippen molar-refractivity contribution >= 4 is 12.0 Å². The highest BCUT2D eigenvalue weighted by atomic mass is 16.5. The quantitative estimate of drug-likeness (QED) is 0.753. The van der Waals surface area contributed by atoms with E-state index in [1.165, 1.54) is 6.08 Å². The maximum atomic E-state index is 11.9. The monoisotopic (exact) mass is 331 g/mol. The Kier molecular flexibility index (Phi) is 6.45. The van der Waals surface area contributed by atoms with Crippen molar-refractivity contribution in [1.82, 2.24) is 5.32 Å². The van der Waals surface area contributed by atoms with Crippen LogP contribution in [0.15, 0.2) is 47.1 Å². The average molecular weight is 331 g/mol. The Bertz CT molecular complexity index is 679. The van der Waals surface area contributed by atoms with E-state index in [0.717, 1.165) is 5.56 Å². The van der Waals surface area contributed by atoms with Gasteiger partial charge >= 0.3 is 0 Å². The van der Waals surface area contributed by atoms with E-state index in [2.05, 4.69) is 5.32 Å². The third-order valence-corrected chi connectivity index (χ3v) is 3.44. The van der Waals surface area contributed by atoms with Crippen LogP contribution in [-0.2, 0) is 9.53 Å². The van der Waals surface area contributed by atoms with Gasteiger partial charge in [-0.3, -0.25) is 4.79 Å². The minimum absolute atomic E-state index is 0.224. The van der Waals surface area contributed by atoms with Gasteiger partial charge in [0.1, 0.15) is 11.9 Å². The molecule has 1 atom stereocenters. The van der Waals surface area contributed by atoms with Crippen LogP contribution in [0.1, 0.15) is 17.4 Å². The molecule has 24 heavy (non-hydrogen) atoms. The molecule has 1 aromatic carbocycles. The van der Waals surface area contributed by atoms with E-state index in [4.69, 9.17) is 18.6 Å². The van der Waals surface area contributed by atoms with Crippen molar-refractivity contribution in [2.75, 3.05) is 27.9 Å². The number of benzene rings is 1. The summed E-state index contributed by atoms with van der Waals surface area (Å²) in [6, 6.07) is 9.00. The number of furan rings is 1. The second-order valence-electron chi connectivity index (χ2n) is 4.93. The summed E-state index contributed by atoms with van der Waals surface area (Å²) in [4.78, 5) is 11.9. The number of ether oxygens (including phenoxy) is 3. The normalized spacial score (nSPS) is 12.1. The Morgan fingerprint density at radius 3 is 2.62 bits per heavy atom. The molecule has 1 heterocycles. The summed E-state index contributed by atoms with van der Waals surface area (Å²) < 4.78 is 21.0. The summed E-state index contributed by atoms with van der Waals surface area (Å²) in [5.41, 5.74) is 0.831. The first kappa shape index (κ1) is 17.6. The molecule has 1 N–H and O–H groups in total. The lowest BCUT2D eigenvalue weighted by Gasteiger charge is -2.12. The number of nitrogens with one attached hydrogen (secondary N) is 1. The number of carbonyl (C=O) groups is 1. The molecule has 6 nitrogen and oxygen atoms in total. The SMILES string of the molecule is COc1ccc(C=CC(=O)NCC(OC)c2ccco2)cc1OC.